The fourth-order valence-electron chi connectivity index (χ4n) is 8.63. The Bertz CT molecular complexity index is 2570. The number of sulfone groups is 1. The molecule has 324 valence electrons. The van der Waals surface area contributed by atoms with Gasteiger partial charge in [0.2, 0.25) is 11.8 Å². The molecule has 3 fully saturated rings. The van der Waals surface area contributed by atoms with Crippen molar-refractivity contribution in [2.24, 2.45) is 11.3 Å². The molecule has 2 aliphatic heterocycles. The molecule has 1 N–H and O–H groups in total. The van der Waals surface area contributed by atoms with Gasteiger partial charge in [-0.3, -0.25) is 19.2 Å². The summed E-state index contributed by atoms with van der Waals surface area (Å²) >= 11 is 0. The summed E-state index contributed by atoms with van der Waals surface area (Å²) < 4.78 is 95.4. The van der Waals surface area contributed by atoms with Crippen LogP contribution in [0.1, 0.15) is 87.4 Å². The highest BCUT2D eigenvalue weighted by atomic mass is 32.2. The van der Waals surface area contributed by atoms with Crippen LogP contribution in [-0.4, -0.2) is 88.4 Å². The van der Waals surface area contributed by atoms with Gasteiger partial charge in [0.05, 0.1) is 22.9 Å². The van der Waals surface area contributed by atoms with E-state index in [9.17, 15) is 45.2 Å². The Hall–Kier alpha value is -5.39. The SMILES string of the molecule is Cc1cc(C(=O)N[C@H]2CCCCC/C=C\[C@@H]3C[C@@]3(C(=O)CS(=O)(=O)C3(C)CC3)CC(=O)[C@@H]3C[C@@H](Oc4nc5cc(OC(F)(F)F)ccc5c5cc(F)ccc45)CN3C2=O)no1. The molecule has 18 heteroatoms. The predicted octanol–water partition coefficient (Wildman–Crippen LogP) is 6.89. The first-order valence-electron chi connectivity index (χ1n) is 20.3. The molecule has 5 atom stereocenters. The van der Waals surface area contributed by atoms with Crippen LogP contribution >= 0.6 is 0 Å². The van der Waals surface area contributed by atoms with Gasteiger partial charge >= 0.3 is 6.36 Å². The number of ketones is 2. The van der Waals surface area contributed by atoms with Crippen molar-refractivity contribution >= 4 is 54.9 Å². The first-order chi connectivity index (χ1) is 28.8. The van der Waals surface area contributed by atoms with Crippen LogP contribution in [0.2, 0.25) is 0 Å². The van der Waals surface area contributed by atoms with E-state index in [1.54, 1.807) is 13.8 Å². The molecule has 4 heterocycles. The standard InChI is InChI=1S/C43H44F4N4O9S/c1-24-16-34(50-60-24)38(54)48-32-9-7-5-3-4-6-8-25-20-42(25,37(53)23-61(56,57)41(2)14-15-41)21-36(52)35-19-28(22-51(35)40(32)55)58-39-30-12-10-26(44)17-31(30)29-13-11-27(18-33(29)49-39)59-43(45,46)47/h6,8,10-13,16-18,25,28,32,35H,3-5,7,9,14-15,19-23H2,1-2H3,(H,48,54)/b8-6-/t25-,28-,32+,35+,42-/m1/s1. The largest absolute Gasteiger partial charge is 0.573 e. The highest BCUT2D eigenvalue weighted by Crippen LogP contribution is 2.58. The molecule has 61 heavy (non-hydrogen) atoms. The number of alkyl halides is 3. The molecule has 0 bridgehead atoms. The van der Waals surface area contributed by atoms with E-state index in [4.69, 9.17) is 9.26 Å². The van der Waals surface area contributed by atoms with Crippen LogP contribution in [0.15, 0.2) is 59.1 Å². The molecule has 0 unspecified atom stereocenters. The van der Waals surface area contributed by atoms with Crippen molar-refractivity contribution in [3.8, 4) is 11.6 Å². The minimum atomic E-state index is -5.00. The predicted molar refractivity (Wildman–Crippen MR) is 212 cm³/mol. The number of hydrogen-bond donors (Lipinski definition) is 1. The molecule has 0 radical (unpaired) electrons. The number of carbonyl (C=O) groups is 4. The maximum absolute atomic E-state index is 14.7. The lowest BCUT2D eigenvalue weighted by Crippen LogP contribution is -2.52. The van der Waals surface area contributed by atoms with Gasteiger partial charge in [0.1, 0.15) is 35.2 Å². The average Bonchev–Trinajstić information content (AvgIpc) is 3.99. The van der Waals surface area contributed by atoms with Crippen molar-refractivity contribution in [1.29, 1.82) is 0 Å². The van der Waals surface area contributed by atoms with E-state index in [0.29, 0.717) is 48.6 Å². The molecule has 13 nitrogen and oxygen atoms in total. The zero-order chi connectivity index (χ0) is 43.5. The summed E-state index contributed by atoms with van der Waals surface area (Å²) in [5, 5.41) is 7.42. The third-order valence-corrected chi connectivity index (χ3v) is 15.1. The van der Waals surface area contributed by atoms with Gasteiger partial charge in [0, 0.05) is 41.2 Å². The maximum Gasteiger partial charge on any atom is 0.573 e. The average molecular weight is 869 g/mol. The second-order valence-electron chi connectivity index (χ2n) is 17.0. The number of allylic oxidation sites excluding steroid dienone is 2. The van der Waals surface area contributed by atoms with Crippen molar-refractivity contribution in [3.63, 3.8) is 0 Å². The number of rotatable bonds is 9. The Labute approximate surface area is 348 Å². The first kappa shape index (κ1) is 42.3. The number of ether oxygens (including phenoxy) is 2. The van der Waals surface area contributed by atoms with Crippen LogP contribution in [0.4, 0.5) is 17.6 Å². The highest BCUT2D eigenvalue weighted by molar-refractivity contribution is 7.93. The van der Waals surface area contributed by atoms with Gasteiger partial charge < -0.3 is 24.2 Å². The number of aryl methyl sites for hydroxylation is 1. The molecular weight excluding hydrogens is 825 g/mol. The van der Waals surface area contributed by atoms with Gasteiger partial charge in [-0.25, -0.2) is 17.8 Å². The molecule has 4 aliphatic rings. The molecule has 8 rings (SSSR count). The van der Waals surface area contributed by atoms with E-state index in [0.717, 1.165) is 18.6 Å². The maximum atomic E-state index is 14.7. The van der Waals surface area contributed by atoms with Crippen molar-refractivity contribution in [1.82, 2.24) is 20.4 Å². The summed E-state index contributed by atoms with van der Waals surface area (Å²) in [7, 11) is -3.80. The zero-order valence-electron chi connectivity index (χ0n) is 33.4. The second kappa shape index (κ2) is 15.8. The molecular formula is C43H44F4N4O9S. The van der Waals surface area contributed by atoms with Gasteiger partial charge in [-0.2, -0.15) is 0 Å². The highest BCUT2D eigenvalue weighted by Gasteiger charge is 2.62. The van der Waals surface area contributed by atoms with Gasteiger partial charge in [-0.15, -0.1) is 13.2 Å². The summed E-state index contributed by atoms with van der Waals surface area (Å²) in [6.07, 6.45) is 1.37. The van der Waals surface area contributed by atoms with Gasteiger partial charge in [-0.1, -0.05) is 30.2 Å². The van der Waals surface area contributed by atoms with Gasteiger partial charge in [0.25, 0.3) is 5.91 Å². The first-order valence-corrected chi connectivity index (χ1v) is 22.0. The molecule has 2 saturated carbocycles. The lowest BCUT2D eigenvalue weighted by molar-refractivity contribution is -0.274. The zero-order valence-corrected chi connectivity index (χ0v) is 34.2. The Morgan fingerprint density at radius 3 is 2.52 bits per heavy atom. The molecule has 2 aliphatic carbocycles. The van der Waals surface area contributed by atoms with Crippen LogP contribution < -0.4 is 14.8 Å². The van der Waals surface area contributed by atoms with Crippen molar-refractivity contribution in [3.05, 3.63) is 71.9 Å². The number of amides is 2. The number of pyridine rings is 1. The summed E-state index contributed by atoms with van der Waals surface area (Å²) in [6.45, 7) is 3.01. The van der Waals surface area contributed by atoms with E-state index in [1.807, 2.05) is 12.2 Å². The molecule has 2 amide bonds. The van der Waals surface area contributed by atoms with E-state index >= 15 is 0 Å². The van der Waals surface area contributed by atoms with Crippen molar-refractivity contribution in [2.45, 2.75) is 107 Å². The van der Waals surface area contributed by atoms with E-state index in [2.05, 4.69) is 20.2 Å². The quantitative estimate of drug-likeness (QED) is 0.105. The third-order valence-electron chi connectivity index (χ3n) is 12.5. The monoisotopic (exact) mass is 868 g/mol. The van der Waals surface area contributed by atoms with E-state index < -0.39 is 85.2 Å². The van der Waals surface area contributed by atoms with Crippen LogP contribution in [-0.2, 0) is 24.2 Å². The van der Waals surface area contributed by atoms with E-state index in [1.165, 1.54) is 35.2 Å². The Morgan fingerprint density at radius 1 is 1.03 bits per heavy atom. The third kappa shape index (κ3) is 8.73. The van der Waals surface area contributed by atoms with Gasteiger partial charge in [0.15, 0.2) is 27.1 Å². The fourth-order valence-corrected chi connectivity index (χ4v) is 10.3. The lowest BCUT2D eigenvalue weighted by Gasteiger charge is -2.29. The van der Waals surface area contributed by atoms with Gasteiger partial charge in [-0.05, 0) is 94.0 Å². The number of benzene rings is 2. The number of nitrogens with zero attached hydrogens (tertiary/aromatic N) is 3. The lowest BCUT2D eigenvalue weighted by atomic mass is 9.88. The Balaban J connectivity index is 1.14. The summed E-state index contributed by atoms with van der Waals surface area (Å²) in [5.74, 6) is -4.33. The number of halogens is 4. The number of hydrogen-bond acceptors (Lipinski definition) is 11. The van der Waals surface area contributed by atoms with Crippen LogP contribution in [0.25, 0.3) is 21.7 Å². The molecule has 0 spiro atoms. The van der Waals surface area contributed by atoms with Crippen LogP contribution in [0, 0.1) is 24.1 Å². The molecule has 2 aromatic heterocycles. The molecule has 2 aromatic carbocycles. The van der Waals surface area contributed by atoms with Crippen LogP contribution in [0.3, 0.4) is 0 Å². The Kier molecular flexibility index (Phi) is 11.0. The number of nitrogens with one attached hydrogen (secondary N) is 1. The fraction of sp³-hybridized carbons (Fsp3) is 0.488. The summed E-state index contributed by atoms with van der Waals surface area (Å²) in [6, 6.07) is 6.30. The molecule has 1 saturated heterocycles. The van der Waals surface area contributed by atoms with Crippen LogP contribution in [0.5, 0.6) is 11.6 Å². The normalized spacial score (nSPS) is 26.2. The van der Waals surface area contributed by atoms with Crippen molar-refractivity contribution < 1.29 is 59.2 Å². The second-order valence-corrected chi connectivity index (χ2v) is 19.5. The van der Waals surface area contributed by atoms with Crippen molar-refractivity contribution in [2.75, 3.05) is 12.3 Å². The van der Waals surface area contributed by atoms with E-state index in [-0.39, 0.29) is 60.6 Å². The molecule has 4 aromatic rings. The number of Topliss-reactive ketones (excluding diaryl/α,β-unsaturated/α-hetero) is 2. The topological polar surface area (TPSA) is 175 Å². The summed E-state index contributed by atoms with van der Waals surface area (Å²) in [5.41, 5.74) is -1.36. The summed E-state index contributed by atoms with van der Waals surface area (Å²) in [4.78, 5) is 62.6. The number of aromatic nitrogens is 2. The Morgan fingerprint density at radius 2 is 1.80 bits per heavy atom. The smallest absolute Gasteiger partial charge is 0.472 e. The minimum Gasteiger partial charge on any atom is -0.472 e. The number of carbonyl (C=O) groups excluding carboxylic acids is 4. The number of fused-ring (bicyclic) bond motifs is 5. The minimum absolute atomic E-state index is 0.0102.